The number of hydrogen-bond acceptors (Lipinski definition) is 7. The van der Waals surface area contributed by atoms with E-state index in [2.05, 4.69) is 40.1 Å². The molecule has 2 bridgehead atoms. The molecule has 0 N–H and O–H groups in total. The van der Waals surface area contributed by atoms with E-state index in [-0.39, 0.29) is 24.4 Å². The Bertz CT molecular complexity index is 997. The lowest BCUT2D eigenvalue weighted by Gasteiger charge is -2.56. The van der Waals surface area contributed by atoms with Gasteiger partial charge in [0.25, 0.3) is 0 Å². The lowest BCUT2D eigenvalue weighted by Crippen LogP contribution is -2.65. The zero-order valence-electron chi connectivity index (χ0n) is 17.2. The minimum absolute atomic E-state index is 0.124. The van der Waals surface area contributed by atoms with Crippen LogP contribution in [0.2, 0.25) is 0 Å². The van der Waals surface area contributed by atoms with Crippen molar-refractivity contribution in [1.29, 1.82) is 0 Å². The fraction of sp³-hybridized carbons (Fsp3) is 0.478. The second kappa shape index (κ2) is 6.68. The van der Waals surface area contributed by atoms with E-state index in [1.54, 1.807) is 25.6 Å². The summed E-state index contributed by atoms with van der Waals surface area (Å²) in [4.78, 5) is 11.0. The number of likely N-dealkylation sites (N-methyl/N-ethyl adjacent to an activating group) is 1. The molecular weight excluding hydrogens is 382 g/mol. The van der Waals surface area contributed by atoms with Crippen molar-refractivity contribution in [3.63, 3.8) is 0 Å². The Morgan fingerprint density at radius 3 is 2.93 bits per heavy atom. The van der Waals surface area contributed by atoms with Crippen molar-refractivity contribution in [3.05, 3.63) is 53.9 Å². The summed E-state index contributed by atoms with van der Waals surface area (Å²) in [6.45, 7) is 1.23. The van der Waals surface area contributed by atoms with Crippen molar-refractivity contribution < 1.29 is 18.9 Å². The predicted octanol–water partition coefficient (Wildman–Crippen LogP) is 2.35. The third kappa shape index (κ3) is 2.39. The summed E-state index contributed by atoms with van der Waals surface area (Å²) in [5.74, 6) is 1.98. The molecule has 0 amide bonds. The standard InChI is InChI=1S/C23H25N3O4/c1-26-11-8-23-15-5-7-18(29-22-24-9-3-10-25-22)21(23)30-20-17(28-13-27-2)6-4-14(19(20)23)12-16(15)26/h3-7,9-10,15-16,18,21H,8,11-13H2,1-2H3/t15-,16+,18-,21-,23-/m0/s1. The number of nitrogens with zero attached hydrogens (tertiary/aromatic N) is 3. The molecule has 1 spiro atoms. The van der Waals surface area contributed by atoms with Crippen LogP contribution < -0.4 is 14.2 Å². The maximum absolute atomic E-state index is 6.70. The van der Waals surface area contributed by atoms with Gasteiger partial charge in [-0.15, -0.1) is 0 Å². The molecule has 7 heteroatoms. The highest BCUT2D eigenvalue weighted by Crippen LogP contribution is 2.62. The Hall–Kier alpha value is -2.64. The van der Waals surface area contributed by atoms with Gasteiger partial charge in [0.05, 0.1) is 0 Å². The molecule has 1 aromatic carbocycles. The fourth-order valence-corrected chi connectivity index (χ4v) is 6.01. The second-order valence-electron chi connectivity index (χ2n) is 8.58. The maximum Gasteiger partial charge on any atom is 0.317 e. The monoisotopic (exact) mass is 407 g/mol. The molecule has 4 aliphatic rings. The van der Waals surface area contributed by atoms with Crippen LogP contribution in [0.3, 0.4) is 0 Å². The Labute approximate surface area is 175 Å². The molecule has 3 heterocycles. The number of aromatic nitrogens is 2. The summed E-state index contributed by atoms with van der Waals surface area (Å²) in [5.41, 5.74) is 2.54. The molecule has 7 nitrogen and oxygen atoms in total. The Morgan fingerprint density at radius 1 is 1.23 bits per heavy atom. The van der Waals surface area contributed by atoms with Crippen LogP contribution >= 0.6 is 0 Å². The first-order chi connectivity index (χ1) is 14.7. The minimum Gasteiger partial charge on any atom is -0.481 e. The summed E-state index contributed by atoms with van der Waals surface area (Å²) in [6.07, 6.45) is 9.50. The van der Waals surface area contributed by atoms with E-state index in [1.165, 1.54) is 11.1 Å². The number of likely N-dealkylation sites (tertiary alicyclic amines) is 1. The Morgan fingerprint density at radius 2 is 2.10 bits per heavy atom. The lowest BCUT2D eigenvalue weighted by atomic mass is 9.53. The van der Waals surface area contributed by atoms with Gasteiger partial charge in [-0.25, -0.2) is 9.97 Å². The number of ether oxygens (including phenoxy) is 4. The van der Waals surface area contributed by atoms with Gasteiger partial charge >= 0.3 is 6.01 Å². The van der Waals surface area contributed by atoms with Crippen LogP contribution in [0, 0.1) is 5.92 Å². The summed E-state index contributed by atoms with van der Waals surface area (Å²) in [6, 6.07) is 6.83. The van der Waals surface area contributed by atoms with Crippen molar-refractivity contribution in [2.75, 3.05) is 27.5 Å². The molecule has 0 radical (unpaired) electrons. The third-order valence-corrected chi connectivity index (χ3v) is 7.23. The fourth-order valence-electron chi connectivity index (χ4n) is 6.01. The van der Waals surface area contributed by atoms with Crippen LogP contribution in [-0.4, -0.2) is 60.6 Å². The van der Waals surface area contributed by atoms with E-state index in [9.17, 15) is 0 Å². The largest absolute Gasteiger partial charge is 0.481 e. The number of benzene rings is 1. The first-order valence-corrected chi connectivity index (χ1v) is 10.5. The molecule has 6 rings (SSSR count). The van der Waals surface area contributed by atoms with Gasteiger partial charge in [-0.2, -0.15) is 0 Å². The summed E-state index contributed by atoms with van der Waals surface area (Å²) in [5, 5.41) is 0. The van der Waals surface area contributed by atoms with Crippen molar-refractivity contribution >= 4 is 0 Å². The van der Waals surface area contributed by atoms with E-state index < -0.39 is 0 Å². The molecule has 1 fully saturated rings. The zero-order chi connectivity index (χ0) is 20.3. The number of rotatable bonds is 5. The molecule has 5 atom stereocenters. The molecule has 2 aliphatic heterocycles. The number of hydrogen-bond donors (Lipinski definition) is 0. The summed E-state index contributed by atoms with van der Waals surface area (Å²) >= 11 is 0. The molecule has 156 valence electrons. The second-order valence-corrected chi connectivity index (χ2v) is 8.58. The molecule has 0 saturated carbocycles. The average molecular weight is 407 g/mol. The van der Waals surface area contributed by atoms with Gasteiger partial charge < -0.3 is 23.8 Å². The van der Waals surface area contributed by atoms with E-state index in [0.717, 1.165) is 30.9 Å². The van der Waals surface area contributed by atoms with Crippen LogP contribution in [0.25, 0.3) is 0 Å². The third-order valence-electron chi connectivity index (χ3n) is 7.23. The first-order valence-electron chi connectivity index (χ1n) is 10.5. The van der Waals surface area contributed by atoms with E-state index in [1.807, 2.05) is 6.07 Å². The highest BCUT2D eigenvalue weighted by atomic mass is 16.7. The van der Waals surface area contributed by atoms with Crippen molar-refractivity contribution in [3.8, 4) is 17.5 Å². The summed E-state index contributed by atoms with van der Waals surface area (Å²) in [7, 11) is 3.86. The van der Waals surface area contributed by atoms with Gasteiger partial charge in [-0.3, -0.25) is 0 Å². The Kier molecular flexibility index (Phi) is 4.05. The van der Waals surface area contributed by atoms with E-state index in [0.29, 0.717) is 18.0 Å². The molecule has 30 heavy (non-hydrogen) atoms. The number of piperidine rings is 1. The van der Waals surface area contributed by atoms with Crippen molar-refractivity contribution in [1.82, 2.24) is 14.9 Å². The quantitative estimate of drug-likeness (QED) is 0.557. The van der Waals surface area contributed by atoms with Gasteiger partial charge in [-0.1, -0.05) is 12.1 Å². The van der Waals surface area contributed by atoms with Crippen LogP contribution in [0.5, 0.6) is 17.5 Å². The van der Waals surface area contributed by atoms with Crippen LogP contribution in [0.4, 0.5) is 0 Å². The van der Waals surface area contributed by atoms with Crippen molar-refractivity contribution in [2.24, 2.45) is 5.92 Å². The average Bonchev–Trinajstić information content (AvgIpc) is 3.12. The predicted molar refractivity (Wildman–Crippen MR) is 109 cm³/mol. The number of methoxy groups -OCH3 is 1. The van der Waals surface area contributed by atoms with Gasteiger partial charge in [0.1, 0.15) is 6.10 Å². The molecule has 2 aromatic rings. The van der Waals surface area contributed by atoms with Crippen molar-refractivity contribution in [2.45, 2.75) is 36.5 Å². The molecule has 2 aliphatic carbocycles. The highest BCUT2D eigenvalue weighted by Gasteiger charge is 2.65. The van der Waals surface area contributed by atoms with Gasteiger partial charge in [-0.05, 0) is 50.2 Å². The van der Waals surface area contributed by atoms with Crippen LogP contribution in [0.15, 0.2) is 42.7 Å². The molecule has 1 saturated heterocycles. The van der Waals surface area contributed by atoms with Gasteiger partial charge in [0.15, 0.2) is 24.4 Å². The SMILES string of the molecule is COCOc1ccc2c3c1O[C@H]1[C@@H](Oc4ncccn4)C=C[C@H]4[C@@H](C2)N(C)CC[C@@]341. The van der Waals surface area contributed by atoms with E-state index in [4.69, 9.17) is 18.9 Å². The van der Waals surface area contributed by atoms with Crippen LogP contribution in [0.1, 0.15) is 17.5 Å². The first kappa shape index (κ1) is 18.2. The molecule has 0 unspecified atom stereocenters. The molecule has 1 aromatic heterocycles. The smallest absolute Gasteiger partial charge is 0.317 e. The van der Waals surface area contributed by atoms with Crippen LogP contribution in [-0.2, 0) is 16.6 Å². The Balaban J connectivity index is 1.48. The molecular formula is C23H25N3O4. The normalized spacial score (nSPS) is 33.0. The zero-order valence-corrected chi connectivity index (χ0v) is 17.2. The summed E-state index contributed by atoms with van der Waals surface area (Å²) < 4.78 is 24.0. The van der Waals surface area contributed by atoms with Gasteiger partial charge in [0, 0.05) is 42.4 Å². The lowest BCUT2D eigenvalue weighted by molar-refractivity contribution is -0.0406. The highest BCUT2D eigenvalue weighted by molar-refractivity contribution is 5.62. The topological polar surface area (TPSA) is 65.9 Å². The van der Waals surface area contributed by atoms with E-state index >= 15 is 0 Å². The maximum atomic E-state index is 6.70. The minimum atomic E-state index is -0.263. The van der Waals surface area contributed by atoms with Gasteiger partial charge in [0.2, 0.25) is 0 Å².